The second-order valence-corrected chi connectivity index (χ2v) is 4.70. The van der Waals surface area contributed by atoms with Gasteiger partial charge in [-0.1, -0.05) is 11.6 Å². The van der Waals surface area contributed by atoms with E-state index in [1.165, 1.54) is 12.3 Å². The quantitative estimate of drug-likeness (QED) is 0.865. The lowest BCUT2D eigenvalue weighted by Gasteiger charge is -2.04. The normalized spacial score (nSPS) is 10.7. The molecule has 0 bridgehead atoms. The molecule has 7 heteroatoms. The molecule has 1 heterocycles. The Balaban J connectivity index is 2.20. The molecule has 0 unspecified atom stereocenters. The van der Waals surface area contributed by atoms with Gasteiger partial charge >= 0.3 is 6.08 Å². The number of oxazole rings is 1. The largest absolute Gasteiger partial charge is 0.417 e. The van der Waals surface area contributed by atoms with Crippen LogP contribution in [0.3, 0.4) is 0 Å². The van der Waals surface area contributed by atoms with E-state index in [-0.39, 0.29) is 16.8 Å². The summed E-state index contributed by atoms with van der Waals surface area (Å²) >= 11 is 8.84. The average molecular weight is 336 g/mol. The highest BCUT2D eigenvalue weighted by Crippen LogP contribution is 2.33. The average Bonchev–Trinajstić information content (AvgIpc) is 2.74. The van der Waals surface area contributed by atoms with Crippen molar-refractivity contribution in [1.29, 1.82) is 0 Å². The lowest BCUT2D eigenvalue weighted by atomic mass is 10.3. The standard InChI is InChI=1S/C11H9BrClFN2O2/c1-15-4-6-5-17-11(16-6)18-10-3-9(14)8(13)2-7(10)12/h2-3,5,15H,4H2,1H3. The van der Waals surface area contributed by atoms with Gasteiger partial charge in [0.15, 0.2) is 0 Å². The number of nitrogens with zero attached hydrogens (tertiary/aromatic N) is 1. The first-order chi connectivity index (χ1) is 8.60. The van der Waals surface area contributed by atoms with Crippen molar-refractivity contribution in [2.75, 3.05) is 7.05 Å². The number of benzene rings is 1. The van der Waals surface area contributed by atoms with Crippen molar-refractivity contribution in [3.63, 3.8) is 0 Å². The van der Waals surface area contributed by atoms with Crippen LogP contribution in [0.4, 0.5) is 4.39 Å². The Morgan fingerprint density at radius 1 is 1.56 bits per heavy atom. The van der Waals surface area contributed by atoms with Crippen molar-refractivity contribution < 1.29 is 13.5 Å². The monoisotopic (exact) mass is 334 g/mol. The molecule has 18 heavy (non-hydrogen) atoms. The van der Waals surface area contributed by atoms with Gasteiger partial charge in [0, 0.05) is 12.6 Å². The molecule has 0 saturated carbocycles. The summed E-state index contributed by atoms with van der Waals surface area (Å²) in [4.78, 5) is 4.06. The second kappa shape index (κ2) is 5.69. The van der Waals surface area contributed by atoms with Crippen LogP contribution in [0.2, 0.25) is 5.02 Å². The topological polar surface area (TPSA) is 47.3 Å². The predicted molar refractivity (Wildman–Crippen MR) is 68.5 cm³/mol. The molecule has 0 aliphatic rings. The second-order valence-electron chi connectivity index (χ2n) is 3.43. The minimum absolute atomic E-state index is 0.0116. The Labute approximate surface area is 116 Å². The molecule has 0 atom stereocenters. The number of ether oxygens (including phenoxy) is 1. The first kappa shape index (κ1) is 13.3. The van der Waals surface area contributed by atoms with Gasteiger partial charge < -0.3 is 14.5 Å². The summed E-state index contributed by atoms with van der Waals surface area (Å²) in [6.45, 7) is 0.559. The van der Waals surface area contributed by atoms with Gasteiger partial charge in [0.25, 0.3) is 0 Å². The third-order valence-corrected chi connectivity index (χ3v) is 2.97. The van der Waals surface area contributed by atoms with Crippen LogP contribution in [0.5, 0.6) is 11.8 Å². The molecule has 0 aliphatic heterocycles. The number of rotatable bonds is 4. The molecule has 4 nitrogen and oxygen atoms in total. The zero-order valence-electron chi connectivity index (χ0n) is 9.34. The van der Waals surface area contributed by atoms with E-state index in [2.05, 4.69) is 26.2 Å². The molecule has 2 aromatic rings. The minimum Gasteiger partial charge on any atom is -0.417 e. The van der Waals surface area contributed by atoms with E-state index in [1.54, 1.807) is 7.05 Å². The number of hydrogen-bond acceptors (Lipinski definition) is 4. The molecule has 0 fully saturated rings. The molecule has 1 aromatic heterocycles. The van der Waals surface area contributed by atoms with E-state index in [9.17, 15) is 4.39 Å². The van der Waals surface area contributed by atoms with E-state index in [4.69, 9.17) is 20.8 Å². The predicted octanol–water partition coefficient (Wildman–Crippen LogP) is 3.74. The first-order valence-corrected chi connectivity index (χ1v) is 6.18. The summed E-state index contributed by atoms with van der Waals surface area (Å²) < 4.78 is 24.2. The smallest absolute Gasteiger partial charge is 0.399 e. The molecule has 0 radical (unpaired) electrons. The first-order valence-electron chi connectivity index (χ1n) is 5.01. The zero-order valence-corrected chi connectivity index (χ0v) is 11.7. The van der Waals surface area contributed by atoms with E-state index in [1.807, 2.05) is 0 Å². The molecular weight excluding hydrogens is 326 g/mol. The fourth-order valence-electron chi connectivity index (χ4n) is 1.27. The maximum Gasteiger partial charge on any atom is 0.399 e. The molecule has 0 saturated heterocycles. The van der Waals surface area contributed by atoms with Gasteiger partial charge in [-0.3, -0.25) is 0 Å². The van der Waals surface area contributed by atoms with Gasteiger partial charge in [0.05, 0.1) is 15.2 Å². The number of halogens is 3. The van der Waals surface area contributed by atoms with Gasteiger partial charge in [-0.15, -0.1) is 0 Å². The Morgan fingerprint density at radius 3 is 3.06 bits per heavy atom. The lowest BCUT2D eigenvalue weighted by Crippen LogP contribution is -2.04. The maximum absolute atomic E-state index is 13.3. The van der Waals surface area contributed by atoms with Crippen molar-refractivity contribution in [3.8, 4) is 11.8 Å². The molecule has 1 aromatic carbocycles. The highest BCUT2D eigenvalue weighted by Gasteiger charge is 2.12. The van der Waals surface area contributed by atoms with Crippen molar-refractivity contribution in [1.82, 2.24) is 10.3 Å². The van der Waals surface area contributed by atoms with E-state index in [0.29, 0.717) is 16.7 Å². The van der Waals surface area contributed by atoms with Crippen LogP contribution in [0, 0.1) is 5.82 Å². The van der Waals surface area contributed by atoms with Gasteiger partial charge in [-0.2, -0.15) is 4.98 Å². The summed E-state index contributed by atoms with van der Waals surface area (Å²) in [6.07, 6.45) is 1.51. The van der Waals surface area contributed by atoms with Crippen LogP contribution in [0.25, 0.3) is 0 Å². The number of hydrogen-bond donors (Lipinski definition) is 1. The summed E-state index contributed by atoms with van der Waals surface area (Å²) in [6, 6.07) is 2.57. The van der Waals surface area contributed by atoms with Crippen molar-refractivity contribution in [2.24, 2.45) is 0 Å². The summed E-state index contributed by atoms with van der Waals surface area (Å²) in [5, 5.41) is 2.94. The number of nitrogens with one attached hydrogen (secondary N) is 1. The fourth-order valence-corrected chi connectivity index (χ4v) is 1.99. The van der Waals surface area contributed by atoms with Crippen LogP contribution >= 0.6 is 27.5 Å². The van der Waals surface area contributed by atoms with E-state index in [0.717, 1.165) is 6.07 Å². The summed E-state index contributed by atoms with van der Waals surface area (Å²) in [7, 11) is 1.79. The van der Waals surface area contributed by atoms with E-state index < -0.39 is 5.82 Å². The highest BCUT2D eigenvalue weighted by molar-refractivity contribution is 9.10. The maximum atomic E-state index is 13.3. The Hall–Kier alpha value is -1.11. The van der Waals surface area contributed by atoms with Crippen LogP contribution in [-0.2, 0) is 6.54 Å². The zero-order chi connectivity index (χ0) is 13.1. The van der Waals surface area contributed by atoms with Gasteiger partial charge in [-0.25, -0.2) is 4.39 Å². The number of aromatic nitrogens is 1. The Bertz CT molecular complexity index is 562. The van der Waals surface area contributed by atoms with Crippen LogP contribution in [-0.4, -0.2) is 12.0 Å². The summed E-state index contributed by atoms with van der Waals surface area (Å²) in [5.41, 5.74) is 0.693. The van der Waals surface area contributed by atoms with Crippen molar-refractivity contribution in [2.45, 2.75) is 6.54 Å². The molecule has 2 rings (SSSR count). The molecular formula is C11H9BrClFN2O2. The van der Waals surface area contributed by atoms with Crippen LogP contribution < -0.4 is 10.1 Å². The van der Waals surface area contributed by atoms with Gasteiger partial charge in [-0.05, 0) is 29.0 Å². The highest BCUT2D eigenvalue weighted by atomic mass is 79.9. The molecule has 1 N–H and O–H groups in total. The van der Waals surface area contributed by atoms with Crippen molar-refractivity contribution >= 4 is 27.5 Å². The SMILES string of the molecule is CNCc1coc(Oc2cc(F)c(Cl)cc2Br)n1. The van der Waals surface area contributed by atoms with Crippen LogP contribution in [0.1, 0.15) is 5.69 Å². The third kappa shape index (κ3) is 3.01. The molecule has 96 valence electrons. The minimum atomic E-state index is -0.572. The van der Waals surface area contributed by atoms with Crippen LogP contribution in [0.15, 0.2) is 27.3 Å². The van der Waals surface area contributed by atoms with Gasteiger partial charge in [0.2, 0.25) is 0 Å². The molecule has 0 amide bonds. The Kier molecular flexibility index (Phi) is 4.21. The Morgan fingerprint density at radius 2 is 2.33 bits per heavy atom. The van der Waals surface area contributed by atoms with E-state index >= 15 is 0 Å². The molecule has 0 spiro atoms. The third-order valence-electron chi connectivity index (χ3n) is 2.06. The summed E-state index contributed by atoms with van der Waals surface area (Å²) in [5.74, 6) is -0.327. The van der Waals surface area contributed by atoms with Gasteiger partial charge in [0.1, 0.15) is 17.8 Å². The molecule has 0 aliphatic carbocycles. The fraction of sp³-hybridized carbons (Fsp3) is 0.182. The van der Waals surface area contributed by atoms with Crippen molar-refractivity contribution in [3.05, 3.63) is 39.4 Å². The lowest BCUT2D eigenvalue weighted by molar-refractivity contribution is 0.328.